The summed E-state index contributed by atoms with van der Waals surface area (Å²) in [7, 11) is 0. The number of hydrogen-bond donors (Lipinski definition) is 1. The molecule has 7 heteroatoms. The van der Waals surface area contributed by atoms with Crippen LogP contribution in [0.5, 0.6) is 0 Å². The van der Waals surface area contributed by atoms with Crippen LogP contribution in [-0.2, 0) is 0 Å². The Labute approximate surface area is 192 Å². The molecule has 3 aromatic rings. The van der Waals surface area contributed by atoms with Gasteiger partial charge < -0.3 is 10.3 Å². The molecule has 32 heavy (non-hydrogen) atoms. The Kier molecular flexibility index (Phi) is 5.83. The summed E-state index contributed by atoms with van der Waals surface area (Å²) in [5.41, 5.74) is 11.5. The Morgan fingerprint density at radius 1 is 1.06 bits per heavy atom. The van der Waals surface area contributed by atoms with Gasteiger partial charge in [0.25, 0.3) is 0 Å². The predicted octanol–water partition coefficient (Wildman–Crippen LogP) is 4.96. The van der Waals surface area contributed by atoms with Gasteiger partial charge in [0.1, 0.15) is 18.2 Å². The van der Waals surface area contributed by atoms with Crippen LogP contribution < -0.4 is 10.7 Å². The first-order chi connectivity index (χ1) is 15.4. The summed E-state index contributed by atoms with van der Waals surface area (Å²) in [4.78, 5) is 0. The molecular formula is C25H21ClN6. The largest absolute Gasteiger partial charge is 0.318 e. The van der Waals surface area contributed by atoms with Gasteiger partial charge in [-0.2, -0.15) is 15.6 Å². The van der Waals surface area contributed by atoms with Crippen LogP contribution in [0, 0.1) is 42.4 Å². The van der Waals surface area contributed by atoms with E-state index in [-0.39, 0.29) is 0 Å². The molecule has 2 aromatic carbocycles. The van der Waals surface area contributed by atoms with Crippen LogP contribution in [0.1, 0.15) is 17.0 Å². The van der Waals surface area contributed by atoms with Crippen molar-refractivity contribution in [2.24, 2.45) is 16.8 Å². The SMILES string of the molecule is Cc1cc(/C=C(/C#N)C2=NN(c3ccccc3)[C@H](N)[C@H]2C#N)c(C)n1-c1cccc(Cl)c1. The van der Waals surface area contributed by atoms with E-state index in [1.807, 2.05) is 74.5 Å². The molecule has 2 heterocycles. The molecule has 0 spiro atoms. The number of hydrogen-bond acceptors (Lipinski definition) is 5. The lowest BCUT2D eigenvalue weighted by molar-refractivity contribution is 0.624. The van der Waals surface area contributed by atoms with Crippen LogP contribution in [0.4, 0.5) is 5.69 Å². The fourth-order valence-corrected chi connectivity index (χ4v) is 4.17. The first kappa shape index (κ1) is 21.4. The molecule has 0 amide bonds. The third-order valence-corrected chi connectivity index (χ3v) is 5.76. The highest BCUT2D eigenvalue weighted by atomic mass is 35.5. The molecule has 4 rings (SSSR count). The smallest absolute Gasteiger partial charge is 0.127 e. The lowest BCUT2D eigenvalue weighted by Gasteiger charge is -2.21. The summed E-state index contributed by atoms with van der Waals surface area (Å²) in [5.74, 6) is -0.725. The van der Waals surface area contributed by atoms with Gasteiger partial charge in [-0.1, -0.05) is 35.9 Å². The van der Waals surface area contributed by atoms with Crippen LogP contribution in [0.15, 0.2) is 71.3 Å². The van der Waals surface area contributed by atoms with Gasteiger partial charge in [-0.15, -0.1) is 0 Å². The van der Waals surface area contributed by atoms with Crippen molar-refractivity contribution < 1.29 is 0 Å². The van der Waals surface area contributed by atoms with E-state index in [0.717, 1.165) is 28.3 Å². The van der Waals surface area contributed by atoms with Gasteiger partial charge >= 0.3 is 0 Å². The van der Waals surface area contributed by atoms with Crippen molar-refractivity contribution in [1.29, 1.82) is 10.5 Å². The molecule has 6 nitrogen and oxygen atoms in total. The van der Waals surface area contributed by atoms with Crippen molar-refractivity contribution >= 4 is 29.1 Å². The highest BCUT2D eigenvalue weighted by molar-refractivity contribution is 6.30. The molecule has 2 N–H and O–H groups in total. The summed E-state index contributed by atoms with van der Waals surface area (Å²) in [6.45, 7) is 3.98. The normalized spacial score (nSPS) is 18.2. The van der Waals surface area contributed by atoms with Crippen molar-refractivity contribution in [2.45, 2.75) is 20.0 Å². The summed E-state index contributed by atoms with van der Waals surface area (Å²) >= 11 is 6.18. The van der Waals surface area contributed by atoms with Crippen molar-refractivity contribution in [2.75, 3.05) is 5.01 Å². The summed E-state index contributed by atoms with van der Waals surface area (Å²) in [6, 6.07) is 23.4. The Morgan fingerprint density at radius 2 is 1.78 bits per heavy atom. The van der Waals surface area contributed by atoms with E-state index >= 15 is 0 Å². The average molecular weight is 441 g/mol. The molecule has 0 saturated heterocycles. The number of rotatable bonds is 4. The minimum atomic E-state index is -0.725. The standard InChI is InChI=1S/C25H21ClN6/c1-16-11-18(17(2)31(16)22-10-6-7-20(26)13-22)12-19(14-27)24-23(15-28)25(29)32(30-24)21-8-4-3-5-9-21/h3-13,23,25H,29H2,1-2H3/b19-12-/t23-,25-/m0/s1. The molecule has 0 aliphatic carbocycles. The molecule has 1 aliphatic rings. The molecule has 0 unspecified atom stereocenters. The monoisotopic (exact) mass is 440 g/mol. The number of hydrazone groups is 1. The second kappa shape index (κ2) is 8.72. The topological polar surface area (TPSA) is 94.1 Å². The lowest BCUT2D eigenvalue weighted by Crippen LogP contribution is -2.40. The fraction of sp³-hybridized carbons (Fsp3) is 0.160. The van der Waals surface area contributed by atoms with Crippen molar-refractivity contribution in [3.05, 3.63) is 88.2 Å². The number of anilines is 1. The average Bonchev–Trinajstić information content (AvgIpc) is 3.27. The number of nitrogens with two attached hydrogens (primary N) is 1. The Morgan fingerprint density at radius 3 is 2.44 bits per heavy atom. The molecule has 0 radical (unpaired) electrons. The van der Waals surface area contributed by atoms with E-state index in [4.69, 9.17) is 17.3 Å². The molecule has 0 fully saturated rings. The van der Waals surface area contributed by atoms with Gasteiger partial charge in [0.05, 0.1) is 23.0 Å². The maximum atomic E-state index is 9.93. The minimum absolute atomic E-state index is 0.316. The molecule has 2 atom stereocenters. The van der Waals surface area contributed by atoms with Gasteiger partial charge in [0.15, 0.2) is 0 Å². The molecule has 1 aromatic heterocycles. The Balaban J connectivity index is 1.77. The second-order valence-electron chi connectivity index (χ2n) is 7.57. The van der Waals surface area contributed by atoms with E-state index in [9.17, 15) is 10.5 Å². The summed E-state index contributed by atoms with van der Waals surface area (Å²) in [6.07, 6.45) is 1.10. The minimum Gasteiger partial charge on any atom is -0.318 e. The number of aryl methyl sites for hydroxylation is 1. The number of benzene rings is 2. The fourth-order valence-electron chi connectivity index (χ4n) is 3.98. The predicted molar refractivity (Wildman–Crippen MR) is 127 cm³/mol. The summed E-state index contributed by atoms with van der Waals surface area (Å²) in [5, 5.41) is 26.5. The van der Waals surface area contributed by atoms with Crippen LogP contribution in [-0.4, -0.2) is 16.4 Å². The zero-order chi connectivity index (χ0) is 22.8. The van der Waals surface area contributed by atoms with Crippen LogP contribution in [0.2, 0.25) is 5.02 Å². The number of halogens is 1. The Hall–Kier alpha value is -3.84. The van der Waals surface area contributed by atoms with Crippen LogP contribution >= 0.6 is 11.6 Å². The highest BCUT2D eigenvalue weighted by Gasteiger charge is 2.37. The zero-order valence-electron chi connectivity index (χ0n) is 17.7. The molecular weight excluding hydrogens is 420 g/mol. The Bertz CT molecular complexity index is 1310. The van der Waals surface area contributed by atoms with Crippen molar-refractivity contribution in [3.8, 4) is 17.8 Å². The maximum absolute atomic E-state index is 9.93. The van der Waals surface area contributed by atoms with Gasteiger partial charge in [0.2, 0.25) is 0 Å². The van der Waals surface area contributed by atoms with Crippen molar-refractivity contribution in [1.82, 2.24) is 4.57 Å². The maximum Gasteiger partial charge on any atom is 0.127 e. The first-order valence-electron chi connectivity index (χ1n) is 10.1. The van der Waals surface area contributed by atoms with Crippen LogP contribution in [0.25, 0.3) is 11.8 Å². The van der Waals surface area contributed by atoms with Gasteiger partial charge in [-0.05, 0) is 61.9 Å². The van der Waals surface area contributed by atoms with Gasteiger partial charge in [-0.3, -0.25) is 0 Å². The van der Waals surface area contributed by atoms with Crippen molar-refractivity contribution in [3.63, 3.8) is 0 Å². The zero-order valence-corrected chi connectivity index (χ0v) is 18.5. The highest BCUT2D eigenvalue weighted by Crippen LogP contribution is 2.30. The van der Waals surface area contributed by atoms with Gasteiger partial charge in [-0.25, -0.2) is 5.01 Å². The molecule has 1 aliphatic heterocycles. The van der Waals surface area contributed by atoms with Crippen LogP contribution in [0.3, 0.4) is 0 Å². The van der Waals surface area contributed by atoms with E-state index in [0.29, 0.717) is 16.3 Å². The number of aromatic nitrogens is 1. The third kappa shape index (κ3) is 3.78. The first-order valence-corrected chi connectivity index (χ1v) is 10.5. The van der Waals surface area contributed by atoms with E-state index in [2.05, 4.69) is 21.8 Å². The van der Waals surface area contributed by atoms with Gasteiger partial charge in [0, 0.05) is 22.1 Å². The third-order valence-electron chi connectivity index (χ3n) is 5.53. The number of nitrogens with zero attached hydrogens (tertiary/aromatic N) is 5. The lowest BCUT2D eigenvalue weighted by atomic mass is 9.95. The number of allylic oxidation sites excluding steroid dienone is 1. The van der Waals surface area contributed by atoms with E-state index < -0.39 is 12.1 Å². The summed E-state index contributed by atoms with van der Waals surface area (Å²) < 4.78 is 2.08. The molecule has 158 valence electrons. The second-order valence-corrected chi connectivity index (χ2v) is 8.01. The van der Waals surface area contributed by atoms with E-state index in [1.54, 1.807) is 11.1 Å². The number of para-hydroxylation sites is 1. The molecule has 0 saturated carbocycles. The quantitative estimate of drug-likeness (QED) is 0.580. The number of nitriles is 2. The van der Waals surface area contributed by atoms with E-state index in [1.165, 1.54) is 0 Å². The molecule has 0 bridgehead atoms.